The molecule has 1 fully saturated rings. The number of alkyl halides is 3. The first-order valence-corrected chi connectivity index (χ1v) is 11.3. The van der Waals surface area contributed by atoms with Crippen LogP contribution < -0.4 is 16.0 Å². The minimum Gasteiger partial charge on any atom is -0.381 e. The number of rotatable bonds is 5. The molecule has 0 unspecified atom stereocenters. The molecule has 198 valence electrons. The normalized spacial score (nSPS) is 17.7. The van der Waals surface area contributed by atoms with Gasteiger partial charge in [-0.1, -0.05) is 0 Å². The summed E-state index contributed by atoms with van der Waals surface area (Å²) in [7, 11) is 1.61. The van der Waals surface area contributed by atoms with Gasteiger partial charge in [-0.15, -0.1) is 5.10 Å². The lowest BCUT2D eigenvalue weighted by molar-refractivity contribution is -0.250. The molecule has 38 heavy (non-hydrogen) atoms. The Hall–Kier alpha value is -4.33. The van der Waals surface area contributed by atoms with E-state index < -0.39 is 36.4 Å². The predicted molar refractivity (Wildman–Crippen MR) is 129 cm³/mol. The topological polar surface area (TPSA) is 118 Å². The summed E-state index contributed by atoms with van der Waals surface area (Å²) in [5, 5.41) is 17.1. The fraction of sp³-hybridized carbons (Fsp3) is 0.250. The number of aromatic nitrogens is 5. The van der Waals surface area contributed by atoms with Crippen LogP contribution in [-0.4, -0.2) is 54.7 Å². The first-order chi connectivity index (χ1) is 17.9. The summed E-state index contributed by atoms with van der Waals surface area (Å²) in [4.78, 5) is 13.6. The molecule has 1 aliphatic rings. The SMILES string of the molecule is Cn1nc(-c2ccc(N3CC[C@](O)(C(F)(F)F)C3)nc2)nc1Nc1ccc(-c2ccnc(N)c2F)c(F)c1. The molecule has 4 aromatic rings. The highest BCUT2D eigenvalue weighted by Crippen LogP contribution is 2.39. The van der Waals surface area contributed by atoms with Crippen LogP contribution in [0.5, 0.6) is 0 Å². The third-order valence-electron chi connectivity index (χ3n) is 6.30. The lowest BCUT2D eigenvalue weighted by Gasteiger charge is -2.26. The second-order valence-electron chi connectivity index (χ2n) is 8.87. The highest BCUT2D eigenvalue weighted by Gasteiger charge is 2.57. The quantitative estimate of drug-likeness (QED) is 0.330. The van der Waals surface area contributed by atoms with Gasteiger partial charge in [0.2, 0.25) is 5.95 Å². The Morgan fingerprint density at radius 3 is 2.53 bits per heavy atom. The fourth-order valence-corrected chi connectivity index (χ4v) is 4.15. The van der Waals surface area contributed by atoms with E-state index in [4.69, 9.17) is 5.73 Å². The Morgan fingerprint density at radius 1 is 1.08 bits per heavy atom. The zero-order valence-corrected chi connectivity index (χ0v) is 19.8. The van der Waals surface area contributed by atoms with Gasteiger partial charge in [0.25, 0.3) is 0 Å². The first-order valence-electron chi connectivity index (χ1n) is 11.3. The van der Waals surface area contributed by atoms with E-state index in [1.807, 2.05) is 0 Å². The van der Waals surface area contributed by atoms with Crippen LogP contribution in [0, 0.1) is 11.6 Å². The van der Waals surface area contributed by atoms with Crippen molar-refractivity contribution in [2.45, 2.75) is 18.2 Å². The van der Waals surface area contributed by atoms with E-state index in [-0.39, 0.29) is 41.1 Å². The van der Waals surface area contributed by atoms with Crippen LogP contribution in [0.15, 0.2) is 48.8 Å². The molecule has 14 heteroatoms. The molecule has 1 aromatic carbocycles. The van der Waals surface area contributed by atoms with Gasteiger partial charge in [-0.05, 0) is 36.4 Å². The molecule has 0 radical (unpaired) electrons. The molecule has 4 heterocycles. The number of anilines is 4. The average molecular weight is 532 g/mol. The van der Waals surface area contributed by atoms with E-state index in [1.54, 1.807) is 13.1 Å². The number of hydrogen-bond acceptors (Lipinski definition) is 8. The molecular formula is C24H21F5N8O. The Morgan fingerprint density at radius 2 is 1.87 bits per heavy atom. The second kappa shape index (κ2) is 9.20. The Bertz CT molecular complexity index is 1490. The van der Waals surface area contributed by atoms with E-state index in [0.717, 1.165) is 0 Å². The van der Waals surface area contributed by atoms with E-state index in [1.165, 1.54) is 52.3 Å². The fourth-order valence-electron chi connectivity index (χ4n) is 4.15. The number of hydrogen-bond donors (Lipinski definition) is 3. The van der Waals surface area contributed by atoms with Crippen LogP contribution in [0.3, 0.4) is 0 Å². The summed E-state index contributed by atoms with van der Waals surface area (Å²) in [6.07, 6.45) is -2.46. The Kier molecular flexibility index (Phi) is 6.13. The summed E-state index contributed by atoms with van der Waals surface area (Å²) in [6.45, 7) is -0.593. The number of nitrogens with zero attached hydrogens (tertiary/aromatic N) is 6. The van der Waals surface area contributed by atoms with Crippen LogP contribution in [0.2, 0.25) is 0 Å². The van der Waals surface area contributed by atoms with Crippen LogP contribution >= 0.6 is 0 Å². The van der Waals surface area contributed by atoms with Gasteiger partial charge in [0.1, 0.15) is 11.6 Å². The highest BCUT2D eigenvalue weighted by atomic mass is 19.4. The summed E-state index contributed by atoms with van der Waals surface area (Å²) < 4.78 is 69.8. The maximum atomic E-state index is 14.8. The molecule has 3 aromatic heterocycles. The van der Waals surface area contributed by atoms with Gasteiger partial charge in [0.15, 0.2) is 23.1 Å². The van der Waals surface area contributed by atoms with E-state index in [2.05, 4.69) is 25.4 Å². The Labute approximate surface area is 212 Å². The van der Waals surface area contributed by atoms with Gasteiger partial charge in [-0.25, -0.2) is 23.4 Å². The van der Waals surface area contributed by atoms with Gasteiger partial charge < -0.3 is 21.1 Å². The average Bonchev–Trinajstić information content (AvgIpc) is 3.45. The van der Waals surface area contributed by atoms with Crippen molar-refractivity contribution in [3.8, 4) is 22.5 Å². The summed E-state index contributed by atoms with van der Waals surface area (Å²) in [6, 6.07) is 8.57. The first kappa shape index (κ1) is 25.3. The summed E-state index contributed by atoms with van der Waals surface area (Å²) in [5.41, 5.74) is 3.53. The monoisotopic (exact) mass is 532 g/mol. The molecule has 9 nitrogen and oxygen atoms in total. The van der Waals surface area contributed by atoms with E-state index in [0.29, 0.717) is 11.3 Å². The van der Waals surface area contributed by atoms with Crippen LogP contribution in [0.25, 0.3) is 22.5 Å². The van der Waals surface area contributed by atoms with Gasteiger partial charge in [-0.2, -0.15) is 18.2 Å². The van der Waals surface area contributed by atoms with Gasteiger partial charge in [0.05, 0.1) is 6.54 Å². The number of nitrogens with one attached hydrogen (secondary N) is 1. The van der Waals surface area contributed by atoms with Crippen LogP contribution in [0.4, 0.5) is 45.2 Å². The molecule has 1 atom stereocenters. The van der Waals surface area contributed by atoms with Crippen LogP contribution in [-0.2, 0) is 7.05 Å². The molecular weight excluding hydrogens is 511 g/mol. The van der Waals surface area contributed by atoms with Crippen molar-refractivity contribution in [1.29, 1.82) is 0 Å². The third kappa shape index (κ3) is 4.58. The lowest BCUT2D eigenvalue weighted by atomic mass is 10.0. The molecule has 1 saturated heterocycles. The van der Waals surface area contributed by atoms with Crippen LogP contribution in [0.1, 0.15) is 6.42 Å². The maximum absolute atomic E-state index is 14.8. The van der Waals surface area contributed by atoms with Crippen molar-refractivity contribution in [2.75, 3.05) is 29.0 Å². The molecule has 4 N–H and O–H groups in total. The number of nitrogens with two attached hydrogens (primary N) is 1. The van der Waals surface area contributed by atoms with E-state index >= 15 is 0 Å². The number of benzene rings is 1. The number of pyridine rings is 2. The molecule has 5 rings (SSSR count). The van der Waals surface area contributed by atoms with Gasteiger partial charge in [0, 0.05) is 54.8 Å². The zero-order valence-electron chi connectivity index (χ0n) is 19.8. The molecule has 0 amide bonds. The molecule has 0 saturated carbocycles. The number of aliphatic hydroxyl groups is 1. The largest absolute Gasteiger partial charge is 0.418 e. The number of nitrogen functional groups attached to an aromatic ring is 1. The smallest absolute Gasteiger partial charge is 0.381 e. The number of β-amino-alcohol motifs (C(OH)–C–C–N with tert-alkyl or cyclic N) is 1. The van der Waals surface area contributed by atoms with Gasteiger partial charge in [-0.3, -0.25) is 0 Å². The summed E-state index contributed by atoms with van der Waals surface area (Å²) >= 11 is 0. The van der Waals surface area contributed by atoms with E-state index in [9.17, 15) is 27.1 Å². The minimum absolute atomic E-state index is 0.00873. The van der Waals surface area contributed by atoms with Gasteiger partial charge >= 0.3 is 6.18 Å². The lowest BCUT2D eigenvalue weighted by Crippen LogP contribution is -2.47. The minimum atomic E-state index is -4.73. The zero-order chi connectivity index (χ0) is 27.2. The third-order valence-corrected chi connectivity index (χ3v) is 6.30. The van der Waals surface area contributed by atoms with Crippen molar-refractivity contribution >= 4 is 23.3 Å². The number of aryl methyl sites for hydroxylation is 1. The van der Waals surface area contributed by atoms with Crippen molar-refractivity contribution < 1.29 is 27.1 Å². The molecule has 1 aliphatic heterocycles. The summed E-state index contributed by atoms with van der Waals surface area (Å²) in [5.74, 6) is -1.02. The standard InChI is InChI=1S/C24H21F5N8O/c1-36-22(33-14-3-4-15(17(25)10-14)16-6-8-31-20(30)19(16)26)34-21(35-36)13-2-5-18(32-11-13)37-9-7-23(38,12-37)24(27,28)29/h2-6,8,10-11,38H,7,9,12H2,1H3,(H2,30,31)(H,33,34,35)/t23-/m1/s1. The maximum Gasteiger partial charge on any atom is 0.418 e. The van der Waals surface area contributed by atoms with Crippen molar-refractivity contribution in [2.24, 2.45) is 7.05 Å². The molecule has 0 aliphatic carbocycles. The second-order valence-corrected chi connectivity index (χ2v) is 8.87. The molecule has 0 spiro atoms. The predicted octanol–water partition coefficient (Wildman–Crippen LogP) is 4.05. The number of halogens is 5. The van der Waals surface area contributed by atoms with Crippen molar-refractivity contribution in [1.82, 2.24) is 24.7 Å². The molecule has 0 bridgehead atoms. The Balaban J connectivity index is 1.32. The van der Waals surface area contributed by atoms with Crippen molar-refractivity contribution in [3.05, 3.63) is 60.4 Å². The van der Waals surface area contributed by atoms with Crippen molar-refractivity contribution in [3.63, 3.8) is 0 Å². The highest BCUT2D eigenvalue weighted by molar-refractivity contribution is 5.70.